The number of phenols is 1. The number of benzene rings is 1. The highest BCUT2D eigenvalue weighted by atomic mass is 16.5. The number of aromatic nitrogens is 1. The van der Waals surface area contributed by atoms with Gasteiger partial charge in [-0.15, -0.1) is 0 Å². The Bertz CT molecular complexity index is 611. The molecule has 2 N–H and O–H groups in total. The summed E-state index contributed by atoms with van der Waals surface area (Å²) in [5.41, 5.74) is 2.14. The van der Waals surface area contributed by atoms with E-state index in [2.05, 4.69) is 18.1 Å². The van der Waals surface area contributed by atoms with Crippen LogP contribution in [0.2, 0.25) is 0 Å². The molecule has 0 saturated carbocycles. The van der Waals surface area contributed by atoms with Gasteiger partial charge in [-0.25, -0.2) is 0 Å². The fourth-order valence-corrected chi connectivity index (χ4v) is 3.72. The van der Waals surface area contributed by atoms with E-state index in [1.165, 1.54) is 37.7 Å². The zero-order valence-electron chi connectivity index (χ0n) is 13.5. The lowest BCUT2D eigenvalue weighted by molar-refractivity contribution is -0.0898. The molecule has 3 heteroatoms. The predicted octanol–water partition coefficient (Wildman–Crippen LogP) is 5.24. The molecule has 1 aliphatic rings. The standard InChI is InChI=1S/C19H27NO2/c1-2-3-4-5-10-19(11-6-7-12-22-19)17-14-20-18-9-8-15(21)13-16(17)18/h8-9,13-14,20-21H,2-7,10-12H2,1H3. The van der Waals surface area contributed by atoms with Crippen LogP contribution >= 0.6 is 0 Å². The number of unbranched alkanes of at least 4 members (excludes halogenated alkanes) is 3. The summed E-state index contributed by atoms with van der Waals surface area (Å²) >= 11 is 0. The van der Waals surface area contributed by atoms with Gasteiger partial charge < -0.3 is 14.8 Å². The number of phenolic OH excluding ortho intramolecular Hbond substituents is 1. The maximum atomic E-state index is 9.85. The van der Waals surface area contributed by atoms with Crippen molar-refractivity contribution in [2.75, 3.05) is 6.61 Å². The molecule has 0 bridgehead atoms. The van der Waals surface area contributed by atoms with Gasteiger partial charge in [-0.05, 0) is 43.9 Å². The van der Waals surface area contributed by atoms with Crippen molar-refractivity contribution in [2.45, 2.75) is 63.9 Å². The summed E-state index contributed by atoms with van der Waals surface area (Å²) in [5, 5.41) is 11.0. The van der Waals surface area contributed by atoms with Crippen molar-refractivity contribution in [3.05, 3.63) is 30.0 Å². The molecule has 3 nitrogen and oxygen atoms in total. The lowest BCUT2D eigenvalue weighted by atomic mass is 9.82. The quantitative estimate of drug-likeness (QED) is 0.717. The van der Waals surface area contributed by atoms with Crippen molar-refractivity contribution < 1.29 is 9.84 Å². The molecule has 1 atom stereocenters. The number of nitrogens with one attached hydrogen (secondary N) is 1. The van der Waals surface area contributed by atoms with Gasteiger partial charge in [0.2, 0.25) is 0 Å². The van der Waals surface area contributed by atoms with Crippen molar-refractivity contribution in [1.82, 2.24) is 4.98 Å². The van der Waals surface area contributed by atoms with E-state index in [-0.39, 0.29) is 5.60 Å². The predicted molar refractivity (Wildman–Crippen MR) is 90.2 cm³/mol. The highest BCUT2D eigenvalue weighted by Gasteiger charge is 2.36. The summed E-state index contributed by atoms with van der Waals surface area (Å²) < 4.78 is 6.34. The van der Waals surface area contributed by atoms with E-state index in [0.29, 0.717) is 5.75 Å². The number of fused-ring (bicyclic) bond motifs is 1. The fraction of sp³-hybridized carbons (Fsp3) is 0.579. The number of aromatic hydroxyl groups is 1. The first-order chi connectivity index (χ1) is 10.7. The van der Waals surface area contributed by atoms with E-state index in [1.807, 2.05) is 12.1 Å². The van der Waals surface area contributed by atoms with E-state index in [0.717, 1.165) is 36.8 Å². The van der Waals surface area contributed by atoms with Crippen molar-refractivity contribution in [3.63, 3.8) is 0 Å². The molecule has 1 aromatic heterocycles. The van der Waals surface area contributed by atoms with Crippen LogP contribution in [0.4, 0.5) is 0 Å². The minimum absolute atomic E-state index is 0.169. The maximum absolute atomic E-state index is 9.85. The molecule has 0 aliphatic carbocycles. The maximum Gasteiger partial charge on any atom is 0.116 e. The molecule has 0 amide bonds. The van der Waals surface area contributed by atoms with Crippen LogP contribution in [0.5, 0.6) is 5.75 Å². The summed E-state index contributed by atoms with van der Waals surface area (Å²) in [4.78, 5) is 3.35. The zero-order chi connectivity index (χ0) is 15.4. The molecule has 120 valence electrons. The largest absolute Gasteiger partial charge is 0.508 e. The Morgan fingerprint density at radius 1 is 1.23 bits per heavy atom. The molecule has 22 heavy (non-hydrogen) atoms. The Labute approximate surface area is 132 Å². The van der Waals surface area contributed by atoms with E-state index in [1.54, 1.807) is 6.07 Å². The molecular formula is C19H27NO2. The summed E-state index contributed by atoms with van der Waals surface area (Å²) in [6.07, 6.45) is 11.7. The molecule has 0 radical (unpaired) electrons. The third-order valence-corrected chi connectivity index (χ3v) is 4.94. The van der Waals surface area contributed by atoms with Crippen LogP contribution in [0, 0.1) is 0 Å². The number of H-pyrrole nitrogens is 1. The summed E-state index contributed by atoms with van der Waals surface area (Å²) in [6.45, 7) is 3.09. The Kier molecular flexibility index (Phi) is 4.72. The van der Waals surface area contributed by atoms with Gasteiger partial charge >= 0.3 is 0 Å². The zero-order valence-corrected chi connectivity index (χ0v) is 13.5. The first kappa shape index (κ1) is 15.4. The van der Waals surface area contributed by atoms with Crippen molar-refractivity contribution in [1.29, 1.82) is 0 Å². The van der Waals surface area contributed by atoms with Gasteiger partial charge in [-0.2, -0.15) is 0 Å². The first-order valence-corrected chi connectivity index (χ1v) is 8.70. The third kappa shape index (κ3) is 3.00. The van der Waals surface area contributed by atoms with Gasteiger partial charge in [-0.3, -0.25) is 0 Å². The second-order valence-corrected chi connectivity index (χ2v) is 6.54. The molecule has 1 fully saturated rings. The Morgan fingerprint density at radius 2 is 2.14 bits per heavy atom. The van der Waals surface area contributed by atoms with Crippen LogP contribution in [0.1, 0.15) is 63.9 Å². The molecule has 0 spiro atoms. The van der Waals surface area contributed by atoms with Crippen LogP contribution in [0.25, 0.3) is 10.9 Å². The molecule has 1 aliphatic heterocycles. The lowest BCUT2D eigenvalue weighted by Crippen LogP contribution is -2.33. The van der Waals surface area contributed by atoms with Crippen molar-refractivity contribution >= 4 is 10.9 Å². The Hall–Kier alpha value is -1.48. The van der Waals surface area contributed by atoms with Crippen LogP contribution in [0.15, 0.2) is 24.4 Å². The number of rotatable bonds is 6. The van der Waals surface area contributed by atoms with Gasteiger partial charge in [0.25, 0.3) is 0 Å². The van der Waals surface area contributed by atoms with Crippen molar-refractivity contribution in [2.24, 2.45) is 0 Å². The van der Waals surface area contributed by atoms with E-state index in [9.17, 15) is 5.11 Å². The van der Waals surface area contributed by atoms with Crippen LogP contribution in [-0.4, -0.2) is 16.7 Å². The number of hydrogen-bond donors (Lipinski definition) is 2. The Balaban J connectivity index is 1.91. The fourth-order valence-electron chi connectivity index (χ4n) is 3.72. The number of aromatic amines is 1. The molecule has 1 saturated heterocycles. The number of ether oxygens (including phenoxy) is 1. The van der Waals surface area contributed by atoms with Crippen LogP contribution < -0.4 is 0 Å². The molecule has 1 unspecified atom stereocenters. The van der Waals surface area contributed by atoms with Gasteiger partial charge in [0, 0.05) is 29.3 Å². The Morgan fingerprint density at radius 3 is 2.91 bits per heavy atom. The normalized spacial score (nSPS) is 22.2. The number of hydrogen-bond acceptors (Lipinski definition) is 2. The summed E-state index contributed by atoms with van der Waals surface area (Å²) in [7, 11) is 0. The summed E-state index contributed by atoms with van der Waals surface area (Å²) in [5.74, 6) is 0.324. The third-order valence-electron chi connectivity index (χ3n) is 4.94. The smallest absolute Gasteiger partial charge is 0.116 e. The average molecular weight is 301 g/mol. The van der Waals surface area contributed by atoms with Gasteiger partial charge in [0.15, 0.2) is 0 Å². The van der Waals surface area contributed by atoms with Gasteiger partial charge in [0.1, 0.15) is 5.75 Å². The highest BCUT2D eigenvalue weighted by Crippen LogP contribution is 2.43. The van der Waals surface area contributed by atoms with Crippen LogP contribution in [0.3, 0.4) is 0 Å². The molecular weight excluding hydrogens is 274 g/mol. The summed E-state index contributed by atoms with van der Waals surface area (Å²) in [6, 6.07) is 5.55. The van der Waals surface area contributed by atoms with E-state index >= 15 is 0 Å². The molecule has 2 heterocycles. The molecule has 1 aromatic carbocycles. The van der Waals surface area contributed by atoms with Gasteiger partial charge in [0.05, 0.1) is 5.60 Å². The van der Waals surface area contributed by atoms with E-state index < -0.39 is 0 Å². The topological polar surface area (TPSA) is 45.2 Å². The second-order valence-electron chi connectivity index (χ2n) is 6.54. The first-order valence-electron chi connectivity index (χ1n) is 8.70. The average Bonchev–Trinajstić information content (AvgIpc) is 2.96. The SMILES string of the molecule is CCCCCCC1(c2c[nH]c3ccc(O)cc23)CCCCO1. The lowest BCUT2D eigenvalue weighted by Gasteiger charge is -2.37. The van der Waals surface area contributed by atoms with Crippen LogP contribution in [-0.2, 0) is 10.3 Å². The monoisotopic (exact) mass is 301 g/mol. The minimum atomic E-state index is -0.169. The van der Waals surface area contributed by atoms with E-state index in [4.69, 9.17) is 4.74 Å². The molecule has 2 aromatic rings. The minimum Gasteiger partial charge on any atom is -0.508 e. The molecule has 3 rings (SSSR count). The van der Waals surface area contributed by atoms with Gasteiger partial charge in [-0.1, -0.05) is 32.6 Å². The highest BCUT2D eigenvalue weighted by molar-refractivity contribution is 5.85. The second kappa shape index (κ2) is 6.74. The van der Waals surface area contributed by atoms with Crippen molar-refractivity contribution in [3.8, 4) is 5.75 Å².